The van der Waals surface area contributed by atoms with E-state index in [0.29, 0.717) is 19.6 Å². The summed E-state index contributed by atoms with van der Waals surface area (Å²) in [7, 11) is 0. The monoisotopic (exact) mass is 372 g/mol. The Labute approximate surface area is 160 Å². The lowest BCUT2D eigenvalue weighted by Gasteiger charge is -2.30. The molecule has 140 valence electrons. The number of carbonyl (C=O) groups is 1. The highest BCUT2D eigenvalue weighted by Crippen LogP contribution is 2.31. The molecule has 0 spiro atoms. The Bertz CT molecular complexity index is 735. The first kappa shape index (κ1) is 19.1. The third-order valence-electron chi connectivity index (χ3n) is 4.76. The predicted molar refractivity (Wildman–Crippen MR) is 107 cm³/mol. The Kier molecular flexibility index (Phi) is 6.46. The van der Waals surface area contributed by atoms with Crippen molar-refractivity contribution in [3.8, 4) is 10.4 Å². The van der Waals surface area contributed by atoms with Gasteiger partial charge in [-0.1, -0.05) is 24.3 Å². The molecule has 4 nitrogen and oxygen atoms in total. The smallest absolute Gasteiger partial charge is 0.224 e. The summed E-state index contributed by atoms with van der Waals surface area (Å²) < 4.78 is 5.47. The van der Waals surface area contributed by atoms with Crippen LogP contribution in [-0.2, 0) is 16.1 Å². The maximum Gasteiger partial charge on any atom is 0.224 e. The van der Waals surface area contributed by atoms with E-state index in [4.69, 9.17) is 4.74 Å². The molecule has 5 heteroatoms. The van der Waals surface area contributed by atoms with Gasteiger partial charge in [0.15, 0.2) is 0 Å². The van der Waals surface area contributed by atoms with Gasteiger partial charge in [0.1, 0.15) is 0 Å². The molecule has 0 radical (unpaired) electrons. The second kappa shape index (κ2) is 8.80. The lowest BCUT2D eigenvalue weighted by Crippen LogP contribution is -2.46. The number of thiophene rings is 1. The number of morpholine rings is 1. The number of nitrogens with zero attached hydrogens (tertiary/aromatic N) is 1. The molecular formula is C21H28N2O2S. The highest BCUT2D eigenvalue weighted by molar-refractivity contribution is 7.15. The molecule has 1 saturated heterocycles. The van der Waals surface area contributed by atoms with E-state index in [-0.39, 0.29) is 18.0 Å². The summed E-state index contributed by atoms with van der Waals surface area (Å²) in [6.07, 6.45) is 0.494. The molecule has 26 heavy (non-hydrogen) atoms. The van der Waals surface area contributed by atoms with Gasteiger partial charge in [0.2, 0.25) is 5.91 Å². The molecule has 1 N–H and O–H groups in total. The van der Waals surface area contributed by atoms with Crippen LogP contribution in [0.3, 0.4) is 0 Å². The summed E-state index contributed by atoms with van der Waals surface area (Å²) in [6.45, 7) is 9.14. The van der Waals surface area contributed by atoms with Crippen LogP contribution in [0.25, 0.3) is 10.4 Å². The maximum absolute atomic E-state index is 12.8. The number of aryl methyl sites for hydroxylation is 1. The van der Waals surface area contributed by atoms with E-state index in [1.165, 1.54) is 20.9 Å². The van der Waals surface area contributed by atoms with Crippen molar-refractivity contribution in [2.45, 2.75) is 45.8 Å². The summed E-state index contributed by atoms with van der Waals surface area (Å²) in [5.74, 6) is 0.189. The van der Waals surface area contributed by atoms with E-state index in [2.05, 4.69) is 62.5 Å². The van der Waals surface area contributed by atoms with Crippen LogP contribution in [0.1, 0.15) is 30.7 Å². The molecule has 1 aliphatic heterocycles. The van der Waals surface area contributed by atoms with Crippen LogP contribution in [0.5, 0.6) is 0 Å². The number of nitrogens with one attached hydrogen (secondary N) is 1. The molecule has 0 aliphatic carbocycles. The van der Waals surface area contributed by atoms with Crippen LogP contribution in [0.2, 0.25) is 0 Å². The number of ether oxygens (including phenoxy) is 1. The summed E-state index contributed by atoms with van der Waals surface area (Å²) >= 11 is 1.78. The van der Waals surface area contributed by atoms with Gasteiger partial charge in [0.25, 0.3) is 0 Å². The largest absolute Gasteiger partial charge is 0.378 e. The van der Waals surface area contributed by atoms with Gasteiger partial charge in [0, 0.05) is 34.8 Å². The SMILES string of the molecule is Cc1ccccc1-c1ccc(CN(C(=O)CC2COCCN2)C(C)C)s1. The Hall–Kier alpha value is -1.69. The van der Waals surface area contributed by atoms with Gasteiger partial charge in [-0.3, -0.25) is 4.79 Å². The lowest BCUT2D eigenvalue weighted by atomic mass is 10.1. The van der Waals surface area contributed by atoms with Gasteiger partial charge in [-0.15, -0.1) is 11.3 Å². The third-order valence-corrected chi connectivity index (χ3v) is 5.86. The van der Waals surface area contributed by atoms with Crippen molar-refractivity contribution in [1.82, 2.24) is 10.2 Å². The number of carbonyl (C=O) groups excluding carboxylic acids is 1. The number of amides is 1. The van der Waals surface area contributed by atoms with Gasteiger partial charge >= 0.3 is 0 Å². The van der Waals surface area contributed by atoms with Crippen LogP contribution in [0, 0.1) is 6.92 Å². The molecule has 0 saturated carbocycles. The van der Waals surface area contributed by atoms with Gasteiger partial charge in [-0.2, -0.15) is 0 Å². The molecule has 2 heterocycles. The van der Waals surface area contributed by atoms with Crippen molar-refractivity contribution in [2.24, 2.45) is 0 Å². The minimum absolute atomic E-state index is 0.128. The minimum atomic E-state index is 0.128. The first-order valence-corrected chi connectivity index (χ1v) is 10.1. The number of benzene rings is 1. The first-order chi connectivity index (χ1) is 12.5. The second-order valence-electron chi connectivity index (χ2n) is 7.13. The molecule has 1 aliphatic rings. The average molecular weight is 373 g/mol. The molecule has 1 amide bonds. The maximum atomic E-state index is 12.8. The molecule has 1 aromatic carbocycles. The number of hydrogen-bond acceptors (Lipinski definition) is 4. The molecule has 1 unspecified atom stereocenters. The van der Waals surface area contributed by atoms with Crippen LogP contribution in [0.15, 0.2) is 36.4 Å². The van der Waals surface area contributed by atoms with Crippen molar-refractivity contribution in [3.05, 3.63) is 46.8 Å². The molecule has 2 aromatic rings. The van der Waals surface area contributed by atoms with E-state index < -0.39 is 0 Å². The van der Waals surface area contributed by atoms with Crippen LogP contribution >= 0.6 is 11.3 Å². The highest BCUT2D eigenvalue weighted by Gasteiger charge is 2.23. The van der Waals surface area contributed by atoms with E-state index in [9.17, 15) is 4.79 Å². The fourth-order valence-corrected chi connectivity index (χ4v) is 4.36. The quantitative estimate of drug-likeness (QED) is 0.838. The first-order valence-electron chi connectivity index (χ1n) is 9.30. The topological polar surface area (TPSA) is 41.6 Å². The van der Waals surface area contributed by atoms with Crippen LogP contribution in [0.4, 0.5) is 0 Å². The fourth-order valence-electron chi connectivity index (χ4n) is 3.26. The van der Waals surface area contributed by atoms with Gasteiger partial charge in [0.05, 0.1) is 19.8 Å². The van der Waals surface area contributed by atoms with Gasteiger partial charge in [-0.05, 0) is 44.0 Å². The normalized spacial score (nSPS) is 17.5. The van der Waals surface area contributed by atoms with Gasteiger partial charge < -0.3 is 15.0 Å². The van der Waals surface area contributed by atoms with Crippen LogP contribution in [-0.4, -0.2) is 42.6 Å². The van der Waals surface area contributed by atoms with Gasteiger partial charge in [-0.25, -0.2) is 0 Å². The Morgan fingerprint density at radius 3 is 2.81 bits per heavy atom. The molecule has 1 atom stereocenters. The van der Waals surface area contributed by atoms with Crippen molar-refractivity contribution >= 4 is 17.2 Å². The summed E-state index contributed by atoms with van der Waals surface area (Å²) in [5.41, 5.74) is 2.55. The Balaban J connectivity index is 1.68. The van der Waals surface area contributed by atoms with E-state index in [0.717, 1.165) is 13.2 Å². The van der Waals surface area contributed by atoms with Crippen molar-refractivity contribution < 1.29 is 9.53 Å². The fraction of sp³-hybridized carbons (Fsp3) is 0.476. The third kappa shape index (κ3) is 4.72. The molecule has 1 fully saturated rings. The standard InChI is InChI=1S/C21H28N2O2S/c1-15(2)23(21(24)12-17-14-25-11-10-22-17)13-18-8-9-20(26-18)19-7-5-4-6-16(19)3/h4-9,15,17,22H,10-14H2,1-3H3. The zero-order valence-corrected chi connectivity index (χ0v) is 16.6. The summed E-state index contributed by atoms with van der Waals surface area (Å²) in [5, 5.41) is 3.37. The minimum Gasteiger partial charge on any atom is -0.378 e. The number of hydrogen-bond donors (Lipinski definition) is 1. The van der Waals surface area contributed by atoms with Crippen molar-refractivity contribution in [1.29, 1.82) is 0 Å². The van der Waals surface area contributed by atoms with E-state index in [1.807, 2.05) is 4.90 Å². The number of rotatable bonds is 6. The molecule has 3 rings (SSSR count). The van der Waals surface area contributed by atoms with E-state index >= 15 is 0 Å². The summed E-state index contributed by atoms with van der Waals surface area (Å²) in [6, 6.07) is 13.1. The van der Waals surface area contributed by atoms with E-state index in [1.54, 1.807) is 11.3 Å². The van der Waals surface area contributed by atoms with Crippen molar-refractivity contribution in [3.63, 3.8) is 0 Å². The average Bonchev–Trinajstić information content (AvgIpc) is 3.09. The molecule has 0 bridgehead atoms. The van der Waals surface area contributed by atoms with Crippen LogP contribution < -0.4 is 5.32 Å². The molecular weight excluding hydrogens is 344 g/mol. The summed E-state index contributed by atoms with van der Waals surface area (Å²) in [4.78, 5) is 17.3. The predicted octanol–water partition coefficient (Wildman–Crippen LogP) is 3.84. The Morgan fingerprint density at radius 2 is 2.12 bits per heavy atom. The van der Waals surface area contributed by atoms with Crippen molar-refractivity contribution in [2.75, 3.05) is 19.8 Å². The lowest BCUT2D eigenvalue weighted by molar-refractivity contribution is -0.134. The molecule has 1 aromatic heterocycles. The highest BCUT2D eigenvalue weighted by atomic mass is 32.1. The zero-order chi connectivity index (χ0) is 18.5. The zero-order valence-electron chi connectivity index (χ0n) is 15.8. The second-order valence-corrected chi connectivity index (χ2v) is 8.29. The Morgan fingerprint density at radius 1 is 1.31 bits per heavy atom.